The topological polar surface area (TPSA) is 26.7 Å². The normalized spacial score (nSPS) is 21.9. The molecule has 2 atom stereocenters. The average molecular weight is 502 g/mol. The van der Waals surface area contributed by atoms with Gasteiger partial charge in [-0.2, -0.15) is 0 Å². The summed E-state index contributed by atoms with van der Waals surface area (Å²) in [6, 6.07) is 26.3. The van der Waals surface area contributed by atoms with Crippen molar-refractivity contribution in [3.8, 4) is 0 Å². The zero-order valence-electron chi connectivity index (χ0n) is 15.6. The number of aliphatic hydroxyl groups is 1. The fourth-order valence-electron chi connectivity index (χ4n) is 4.09. The summed E-state index contributed by atoms with van der Waals surface area (Å²) in [5.41, 5.74) is 1.87. The van der Waals surface area contributed by atoms with Gasteiger partial charge in [-0.1, -0.05) is 69.1 Å². The molecular weight excluding hydrogens is 480 g/mol. The maximum Gasteiger partial charge on any atom is 0.186 e. The number of rotatable bonds is 4. The van der Waals surface area contributed by atoms with Gasteiger partial charge in [-0.25, -0.2) is 0 Å². The molecule has 0 aliphatic carbocycles. The minimum atomic E-state index is -1.13. The van der Waals surface area contributed by atoms with E-state index in [1.807, 2.05) is 54.6 Å². The van der Waals surface area contributed by atoms with Gasteiger partial charge in [0.15, 0.2) is 5.72 Å². The summed E-state index contributed by atoms with van der Waals surface area (Å²) in [5, 5.41) is 12.2. The molecule has 4 rings (SSSR count). The summed E-state index contributed by atoms with van der Waals surface area (Å²) in [6.45, 7) is 2.74. The van der Waals surface area contributed by atoms with Crippen molar-refractivity contribution in [1.82, 2.24) is 0 Å². The third-order valence-corrected chi connectivity index (χ3v) is 6.49. The van der Waals surface area contributed by atoms with Gasteiger partial charge in [-0.3, -0.25) is 0 Å². The van der Waals surface area contributed by atoms with E-state index < -0.39 is 5.72 Å². The SMILES string of the molecule is CCC1N(c2ccc(Br)cc2)CN(c2ccc(Br)cc2)C1(O)c1ccccc1. The van der Waals surface area contributed by atoms with Crippen molar-refractivity contribution in [2.45, 2.75) is 25.1 Å². The highest BCUT2D eigenvalue weighted by Crippen LogP contribution is 2.44. The lowest BCUT2D eigenvalue weighted by Crippen LogP contribution is -2.49. The highest BCUT2D eigenvalue weighted by molar-refractivity contribution is 9.10. The van der Waals surface area contributed by atoms with E-state index in [1.54, 1.807) is 0 Å². The zero-order valence-corrected chi connectivity index (χ0v) is 18.8. The molecule has 0 spiro atoms. The van der Waals surface area contributed by atoms with E-state index in [9.17, 15) is 5.11 Å². The van der Waals surface area contributed by atoms with Crippen LogP contribution in [0.15, 0.2) is 87.8 Å². The molecule has 5 heteroatoms. The van der Waals surface area contributed by atoms with E-state index in [-0.39, 0.29) is 6.04 Å². The number of benzene rings is 3. The summed E-state index contributed by atoms with van der Waals surface area (Å²) in [4.78, 5) is 4.40. The van der Waals surface area contributed by atoms with E-state index >= 15 is 0 Å². The van der Waals surface area contributed by atoms with Crippen molar-refractivity contribution in [2.24, 2.45) is 0 Å². The van der Waals surface area contributed by atoms with Gasteiger partial charge in [-0.05, 0) is 55.0 Å². The average Bonchev–Trinajstić information content (AvgIpc) is 3.03. The predicted octanol–water partition coefficient (Wildman–Crippen LogP) is 6.12. The van der Waals surface area contributed by atoms with Gasteiger partial charge in [0.1, 0.15) is 0 Å². The standard InChI is InChI=1S/C23H22Br2N2O/c1-2-22-23(28,17-6-4-3-5-7-17)27(21-14-10-19(25)11-15-21)16-26(22)20-12-8-18(24)9-13-20/h3-15,22,28H,2,16H2,1H3. The Morgan fingerprint density at radius 3 is 1.93 bits per heavy atom. The summed E-state index contributed by atoms with van der Waals surface area (Å²) in [5.74, 6) is 0. The molecular formula is C23H22Br2N2O. The lowest BCUT2D eigenvalue weighted by Gasteiger charge is -2.38. The first-order valence-electron chi connectivity index (χ1n) is 9.37. The van der Waals surface area contributed by atoms with Crippen LogP contribution in [0.2, 0.25) is 0 Å². The Morgan fingerprint density at radius 2 is 1.39 bits per heavy atom. The Balaban J connectivity index is 1.85. The van der Waals surface area contributed by atoms with Crippen molar-refractivity contribution in [2.75, 3.05) is 16.5 Å². The minimum Gasteiger partial charge on any atom is -0.365 e. The molecule has 1 N–H and O–H groups in total. The molecule has 0 bridgehead atoms. The second-order valence-electron chi connectivity index (χ2n) is 7.01. The second-order valence-corrected chi connectivity index (χ2v) is 8.84. The Kier molecular flexibility index (Phi) is 5.50. The Bertz CT molecular complexity index is 931. The predicted molar refractivity (Wildman–Crippen MR) is 123 cm³/mol. The number of hydrogen-bond donors (Lipinski definition) is 1. The highest BCUT2D eigenvalue weighted by atomic mass is 79.9. The van der Waals surface area contributed by atoms with Crippen LogP contribution in [0.1, 0.15) is 18.9 Å². The monoisotopic (exact) mass is 500 g/mol. The van der Waals surface area contributed by atoms with Crippen LogP contribution in [0.4, 0.5) is 11.4 Å². The van der Waals surface area contributed by atoms with Gasteiger partial charge in [0, 0.05) is 25.9 Å². The van der Waals surface area contributed by atoms with Gasteiger partial charge in [0.2, 0.25) is 0 Å². The molecule has 1 aliphatic heterocycles. The number of anilines is 2. The van der Waals surface area contributed by atoms with Crippen molar-refractivity contribution in [1.29, 1.82) is 0 Å². The maximum absolute atomic E-state index is 12.2. The molecule has 1 heterocycles. The van der Waals surface area contributed by atoms with Gasteiger partial charge < -0.3 is 14.9 Å². The Labute approximate surface area is 182 Å². The van der Waals surface area contributed by atoms with E-state index in [0.29, 0.717) is 6.67 Å². The lowest BCUT2D eigenvalue weighted by molar-refractivity contribution is 0.0289. The van der Waals surface area contributed by atoms with Crippen molar-refractivity contribution >= 4 is 43.2 Å². The van der Waals surface area contributed by atoms with E-state index in [4.69, 9.17) is 0 Å². The number of halogens is 2. The minimum absolute atomic E-state index is 0.0836. The summed E-state index contributed by atoms with van der Waals surface area (Å²) in [6.07, 6.45) is 0.814. The zero-order chi connectivity index (χ0) is 19.7. The van der Waals surface area contributed by atoms with Crippen LogP contribution in [-0.4, -0.2) is 17.8 Å². The van der Waals surface area contributed by atoms with Crippen LogP contribution in [-0.2, 0) is 5.72 Å². The van der Waals surface area contributed by atoms with E-state index in [0.717, 1.165) is 32.3 Å². The van der Waals surface area contributed by atoms with Crippen LogP contribution in [0, 0.1) is 0 Å². The molecule has 144 valence electrons. The largest absolute Gasteiger partial charge is 0.365 e. The van der Waals surface area contributed by atoms with Gasteiger partial charge in [-0.15, -0.1) is 0 Å². The number of nitrogens with zero attached hydrogens (tertiary/aromatic N) is 2. The first-order valence-corrected chi connectivity index (χ1v) is 11.0. The first kappa shape index (κ1) is 19.5. The fraction of sp³-hybridized carbons (Fsp3) is 0.217. The molecule has 3 nitrogen and oxygen atoms in total. The van der Waals surface area contributed by atoms with Crippen molar-refractivity contribution < 1.29 is 5.11 Å². The summed E-state index contributed by atoms with van der Waals surface area (Å²) >= 11 is 7.03. The molecule has 0 saturated carbocycles. The van der Waals surface area contributed by atoms with Gasteiger partial charge >= 0.3 is 0 Å². The molecule has 1 aliphatic rings. The Hall–Kier alpha value is -1.82. The van der Waals surface area contributed by atoms with E-state index in [1.165, 1.54) is 0 Å². The third-order valence-electron chi connectivity index (χ3n) is 5.43. The summed E-state index contributed by atoms with van der Waals surface area (Å²) in [7, 11) is 0. The van der Waals surface area contributed by atoms with Gasteiger partial charge in [0.25, 0.3) is 0 Å². The molecule has 0 aromatic heterocycles. The maximum atomic E-state index is 12.2. The van der Waals surface area contributed by atoms with Crippen LogP contribution in [0.5, 0.6) is 0 Å². The summed E-state index contributed by atoms with van der Waals surface area (Å²) < 4.78 is 2.07. The highest BCUT2D eigenvalue weighted by Gasteiger charge is 2.52. The Morgan fingerprint density at radius 1 is 0.857 bits per heavy atom. The van der Waals surface area contributed by atoms with Crippen LogP contribution >= 0.6 is 31.9 Å². The van der Waals surface area contributed by atoms with Crippen LogP contribution in [0.25, 0.3) is 0 Å². The molecule has 28 heavy (non-hydrogen) atoms. The molecule has 3 aromatic rings. The molecule has 2 unspecified atom stereocenters. The smallest absolute Gasteiger partial charge is 0.186 e. The fourth-order valence-corrected chi connectivity index (χ4v) is 4.61. The van der Waals surface area contributed by atoms with E-state index in [2.05, 4.69) is 72.8 Å². The molecule has 0 amide bonds. The molecule has 3 aromatic carbocycles. The van der Waals surface area contributed by atoms with Gasteiger partial charge in [0.05, 0.1) is 12.7 Å². The van der Waals surface area contributed by atoms with Crippen molar-refractivity contribution in [3.05, 3.63) is 93.4 Å². The second kappa shape index (κ2) is 7.90. The molecule has 0 radical (unpaired) electrons. The van der Waals surface area contributed by atoms with Crippen LogP contribution < -0.4 is 9.80 Å². The first-order chi connectivity index (χ1) is 13.5. The number of hydrogen-bond acceptors (Lipinski definition) is 3. The quantitative estimate of drug-likeness (QED) is 0.466. The van der Waals surface area contributed by atoms with Crippen molar-refractivity contribution in [3.63, 3.8) is 0 Å². The van der Waals surface area contributed by atoms with Crippen LogP contribution in [0.3, 0.4) is 0 Å². The third kappa shape index (κ3) is 3.36. The molecule has 1 fully saturated rings. The molecule has 1 saturated heterocycles. The lowest BCUT2D eigenvalue weighted by atomic mass is 9.92.